The Kier molecular flexibility index (Phi) is 6.31. The number of hydrogen-bond donors (Lipinski definition) is 5. The minimum atomic E-state index is -4.89. The molecule has 1 rings (SSSR count). The third-order valence-corrected chi connectivity index (χ3v) is 3.02. The Morgan fingerprint density at radius 1 is 1.16 bits per heavy atom. The quantitative estimate of drug-likeness (QED) is 0.287. The molecule has 5 N–H and O–H groups in total. The molecule has 0 radical (unpaired) electrons. The lowest BCUT2D eigenvalue weighted by Crippen LogP contribution is -2.59. The van der Waals surface area contributed by atoms with Crippen LogP contribution in [0.15, 0.2) is 0 Å². The zero-order valence-electron chi connectivity index (χ0n) is 10.3. The smallest absolute Gasteiger partial charge is 0.387 e. The predicted molar refractivity (Wildman–Crippen MR) is 60.9 cm³/mol. The van der Waals surface area contributed by atoms with Gasteiger partial charge in [-0.15, -0.1) is 0 Å². The third kappa shape index (κ3) is 5.07. The summed E-state index contributed by atoms with van der Waals surface area (Å²) >= 11 is 0. The second kappa shape index (κ2) is 7.07. The van der Waals surface area contributed by atoms with E-state index in [-0.39, 0.29) is 6.61 Å². The van der Waals surface area contributed by atoms with E-state index in [4.69, 9.17) is 19.3 Å². The van der Waals surface area contributed by atoms with Crippen molar-refractivity contribution < 1.29 is 43.7 Å². The molecular weight excluding hydrogens is 283 g/mol. The molecule has 114 valence electrons. The number of rotatable bonds is 6. The second-order valence-electron chi connectivity index (χ2n) is 4.19. The Morgan fingerprint density at radius 3 is 2.32 bits per heavy atom. The Hall–Kier alpha value is -0.0900. The Morgan fingerprint density at radius 2 is 1.79 bits per heavy atom. The predicted octanol–water partition coefficient (Wildman–Crippen LogP) is -1.67. The molecule has 1 unspecified atom stereocenters. The molecular formula is C9H19O9P. The van der Waals surface area contributed by atoms with Gasteiger partial charge in [-0.25, -0.2) is 4.57 Å². The van der Waals surface area contributed by atoms with Gasteiger partial charge in [-0.05, 0) is 6.42 Å². The van der Waals surface area contributed by atoms with Gasteiger partial charge in [0.2, 0.25) is 0 Å². The molecule has 1 saturated heterocycles. The lowest BCUT2D eigenvalue weighted by atomic mass is 9.99. The third-order valence-electron chi connectivity index (χ3n) is 2.54. The molecule has 19 heavy (non-hydrogen) atoms. The van der Waals surface area contributed by atoms with Gasteiger partial charge in [-0.3, -0.25) is 4.52 Å². The minimum Gasteiger partial charge on any atom is -0.387 e. The first-order chi connectivity index (χ1) is 8.76. The summed E-state index contributed by atoms with van der Waals surface area (Å²) in [4.78, 5) is 17.3. The molecule has 0 aromatic rings. The monoisotopic (exact) mass is 302 g/mol. The van der Waals surface area contributed by atoms with Crippen LogP contribution in [-0.4, -0.2) is 69.0 Å². The van der Waals surface area contributed by atoms with E-state index in [1.165, 1.54) is 0 Å². The van der Waals surface area contributed by atoms with Gasteiger partial charge in [-0.1, -0.05) is 6.92 Å². The van der Waals surface area contributed by atoms with E-state index in [1.54, 1.807) is 0 Å². The number of aliphatic hydroxyl groups is 3. The maximum Gasteiger partial charge on any atom is 0.472 e. The van der Waals surface area contributed by atoms with E-state index in [1.807, 2.05) is 6.92 Å². The zero-order valence-corrected chi connectivity index (χ0v) is 11.2. The molecule has 5 atom stereocenters. The molecule has 0 aliphatic carbocycles. The van der Waals surface area contributed by atoms with Crippen LogP contribution < -0.4 is 0 Å². The van der Waals surface area contributed by atoms with E-state index in [9.17, 15) is 19.9 Å². The van der Waals surface area contributed by atoms with E-state index >= 15 is 0 Å². The summed E-state index contributed by atoms with van der Waals surface area (Å²) in [7, 11) is -4.89. The zero-order chi connectivity index (χ0) is 14.6. The fraction of sp³-hybridized carbons (Fsp3) is 1.00. The highest BCUT2D eigenvalue weighted by Crippen LogP contribution is 2.40. The number of phosphoric ester groups is 1. The molecule has 0 aromatic carbocycles. The van der Waals surface area contributed by atoms with E-state index < -0.39 is 38.5 Å². The van der Waals surface area contributed by atoms with Crippen LogP contribution in [0.25, 0.3) is 0 Å². The standard InChI is InChI=1S/C9H19O9P/c1-2-3-16-4-5-6(10)7(11)8(12)9(17-5)18-19(13,14)15/h5-12H,2-4H2,1H3,(H2,13,14,15)/t5-,6+,7+,8-,9?/m1/s1. The van der Waals surface area contributed by atoms with Crippen LogP contribution in [0.4, 0.5) is 0 Å². The molecule has 9 nitrogen and oxygen atoms in total. The normalized spacial score (nSPS) is 36.4. The van der Waals surface area contributed by atoms with Crippen LogP contribution >= 0.6 is 7.82 Å². The maximum atomic E-state index is 10.7. The van der Waals surface area contributed by atoms with Gasteiger partial charge in [0.1, 0.15) is 24.4 Å². The Balaban J connectivity index is 2.65. The van der Waals surface area contributed by atoms with Crippen LogP contribution in [0.5, 0.6) is 0 Å². The largest absolute Gasteiger partial charge is 0.472 e. The molecule has 0 bridgehead atoms. The summed E-state index contributed by atoms with van der Waals surface area (Å²) in [6, 6.07) is 0. The van der Waals surface area contributed by atoms with Crippen molar-refractivity contribution in [2.24, 2.45) is 0 Å². The maximum absolute atomic E-state index is 10.7. The van der Waals surface area contributed by atoms with E-state index in [2.05, 4.69) is 4.52 Å². The summed E-state index contributed by atoms with van der Waals surface area (Å²) in [6.07, 6.45) is -6.93. The fourth-order valence-electron chi connectivity index (χ4n) is 1.62. The van der Waals surface area contributed by atoms with Crippen molar-refractivity contribution in [2.75, 3.05) is 13.2 Å². The average molecular weight is 302 g/mol. The van der Waals surface area contributed by atoms with Gasteiger partial charge in [0.25, 0.3) is 0 Å². The summed E-state index contributed by atoms with van der Waals surface area (Å²) in [5.41, 5.74) is 0. The number of hydrogen-bond acceptors (Lipinski definition) is 7. The molecule has 1 fully saturated rings. The van der Waals surface area contributed by atoms with Gasteiger partial charge in [0.05, 0.1) is 6.61 Å². The Bertz CT molecular complexity index is 319. The summed E-state index contributed by atoms with van der Waals surface area (Å²) in [5.74, 6) is 0. The van der Waals surface area contributed by atoms with Crippen molar-refractivity contribution in [1.29, 1.82) is 0 Å². The topological polar surface area (TPSA) is 146 Å². The highest BCUT2D eigenvalue weighted by atomic mass is 31.2. The summed E-state index contributed by atoms with van der Waals surface area (Å²) < 4.78 is 25.1. The number of phosphoric acid groups is 1. The van der Waals surface area contributed by atoms with Crippen LogP contribution in [0.1, 0.15) is 13.3 Å². The first kappa shape index (κ1) is 17.0. The molecule has 1 aliphatic rings. The van der Waals surface area contributed by atoms with Gasteiger partial charge < -0.3 is 34.6 Å². The lowest BCUT2D eigenvalue weighted by Gasteiger charge is -2.39. The van der Waals surface area contributed by atoms with Crippen LogP contribution in [0.2, 0.25) is 0 Å². The van der Waals surface area contributed by atoms with Crippen molar-refractivity contribution >= 4 is 7.82 Å². The van der Waals surface area contributed by atoms with Gasteiger partial charge in [0.15, 0.2) is 6.29 Å². The first-order valence-electron chi connectivity index (χ1n) is 5.77. The van der Waals surface area contributed by atoms with Gasteiger partial charge in [-0.2, -0.15) is 0 Å². The average Bonchev–Trinajstić information content (AvgIpc) is 2.30. The number of ether oxygens (including phenoxy) is 2. The molecule has 10 heteroatoms. The summed E-state index contributed by atoms with van der Waals surface area (Å²) in [6.45, 7) is 2.17. The van der Waals surface area contributed by atoms with E-state index in [0.29, 0.717) is 6.61 Å². The van der Waals surface area contributed by atoms with E-state index in [0.717, 1.165) is 6.42 Å². The van der Waals surface area contributed by atoms with Gasteiger partial charge >= 0.3 is 7.82 Å². The van der Waals surface area contributed by atoms with Crippen molar-refractivity contribution in [2.45, 2.75) is 44.1 Å². The Labute approximate surface area is 110 Å². The van der Waals surface area contributed by atoms with Crippen molar-refractivity contribution in [1.82, 2.24) is 0 Å². The van der Waals surface area contributed by atoms with Crippen molar-refractivity contribution in [3.8, 4) is 0 Å². The SMILES string of the molecule is CCCOC[C@H]1OC(OP(=O)(O)O)[C@H](O)[C@@H](O)[C@H]1O. The molecule has 1 heterocycles. The second-order valence-corrected chi connectivity index (χ2v) is 5.38. The van der Waals surface area contributed by atoms with Crippen LogP contribution in [0.3, 0.4) is 0 Å². The molecule has 0 spiro atoms. The van der Waals surface area contributed by atoms with Crippen LogP contribution in [-0.2, 0) is 18.6 Å². The highest BCUT2D eigenvalue weighted by molar-refractivity contribution is 7.46. The van der Waals surface area contributed by atoms with Gasteiger partial charge in [0, 0.05) is 6.61 Å². The molecule has 0 saturated carbocycles. The van der Waals surface area contributed by atoms with Crippen molar-refractivity contribution in [3.05, 3.63) is 0 Å². The number of aliphatic hydroxyl groups excluding tert-OH is 3. The highest BCUT2D eigenvalue weighted by Gasteiger charge is 2.46. The minimum absolute atomic E-state index is 0.0974. The van der Waals surface area contributed by atoms with Crippen LogP contribution in [0, 0.1) is 0 Å². The molecule has 0 amide bonds. The molecule has 0 aromatic heterocycles. The van der Waals surface area contributed by atoms with Crippen molar-refractivity contribution in [3.63, 3.8) is 0 Å². The molecule has 1 aliphatic heterocycles. The lowest BCUT2D eigenvalue weighted by molar-refractivity contribution is -0.282. The first-order valence-corrected chi connectivity index (χ1v) is 7.30. The summed E-state index contributed by atoms with van der Waals surface area (Å²) in [5, 5.41) is 28.7. The fourth-order valence-corrected chi connectivity index (χ4v) is 2.07.